The Labute approximate surface area is 625 Å². The zero-order valence-electron chi connectivity index (χ0n) is 63.2. The number of aromatic nitrogens is 3. The Morgan fingerprint density at radius 3 is 1.98 bits per heavy atom. The molecular weight excluding hydrogens is 1400 g/mol. The van der Waals surface area contributed by atoms with Gasteiger partial charge in [0, 0.05) is 88.0 Å². The number of pyridine rings is 1. The van der Waals surface area contributed by atoms with Gasteiger partial charge in [-0.05, 0) is 179 Å². The number of piperidine rings is 1. The topological polar surface area (TPSA) is 277 Å². The van der Waals surface area contributed by atoms with Crippen LogP contribution in [0, 0.1) is 17.5 Å². The number of anilines is 2. The summed E-state index contributed by atoms with van der Waals surface area (Å²) in [6.45, 7) is 9.00. The Kier molecular flexibility index (Phi) is 29.8. The summed E-state index contributed by atoms with van der Waals surface area (Å²) in [7, 11) is 16.2. The third-order valence-corrected chi connectivity index (χ3v) is 18.3. The lowest BCUT2D eigenvalue weighted by Gasteiger charge is -2.29. The molecule has 108 heavy (non-hydrogen) atoms. The van der Waals surface area contributed by atoms with Gasteiger partial charge in [-0.2, -0.15) is 0 Å². The van der Waals surface area contributed by atoms with E-state index in [1.54, 1.807) is 51.4 Å². The van der Waals surface area contributed by atoms with Crippen LogP contribution in [0.5, 0.6) is 34.5 Å². The van der Waals surface area contributed by atoms with E-state index in [9.17, 15) is 46.7 Å². The Morgan fingerprint density at radius 2 is 1.34 bits per heavy atom. The van der Waals surface area contributed by atoms with E-state index >= 15 is 0 Å². The highest BCUT2D eigenvalue weighted by Gasteiger charge is 2.27. The van der Waals surface area contributed by atoms with Gasteiger partial charge in [-0.25, -0.2) is 33.2 Å². The lowest BCUT2D eigenvalue weighted by atomic mass is 9.98. The van der Waals surface area contributed by atoms with E-state index in [1.165, 1.54) is 82.3 Å². The number of aryl methyl sites for hydroxylation is 2. The van der Waals surface area contributed by atoms with Gasteiger partial charge in [0.15, 0.2) is 40.4 Å². The molecule has 2 aromatic heterocycles. The van der Waals surface area contributed by atoms with Crippen molar-refractivity contribution >= 4 is 57.7 Å². The predicted octanol–water partition coefficient (Wildman–Crippen LogP) is 11.2. The number of amides is 5. The van der Waals surface area contributed by atoms with Crippen LogP contribution in [0.2, 0.25) is 0 Å². The number of ether oxygens (including phenoxy) is 6. The summed E-state index contributed by atoms with van der Waals surface area (Å²) in [5, 5.41) is 8.76. The number of nitrogens with zero attached hydrogens (tertiary/aromatic N) is 7. The standard InChI is InChI=1S/C21H25N5O4.C20H21F3N2O.C20H26N2O5.C19H22N2O4/c1-24(2)17(13-7-6-8-14(11-13)30-5)12-22-19(27)16-10-9-15-18(23-16)25(3)21(29)26(4)20(15)28;21-15-11-16(13-17(12-15)25-8-2-1-3-9-25)24-20(26)7-5-14-4-6-18(22)19(23)10-14;1-11-7-16(23)15(13(3)21-11)10-19(24)22-12(2)14-8-17(25-4)20(27-6)18(9-14)26-5;1-23-17-10-15-8-9-21(12-16(15)11-18(17)24-2)19(22)20-25-13-14-6-4-3-5-7-14/h6-11,17H,12H2,1-5H3,(H,22,27);4,6,10-13H,1-3,5,7-9H2,(H,24,26);8-9,12H,7,10H2,1-6H3,(H,22,24);3-7,10-11H,8-9,12-13H2,1-2H3,(H,20,22). The number of fused-ring (bicyclic) bond motifs is 2. The molecule has 5 amide bonds. The second kappa shape index (κ2) is 39.2. The number of nitrogens with one attached hydrogen (secondary N) is 4. The van der Waals surface area contributed by atoms with Gasteiger partial charge in [0.2, 0.25) is 17.6 Å². The zero-order chi connectivity index (χ0) is 78.3. The summed E-state index contributed by atoms with van der Waals surface area (Å²) < 4.78 is 74.3. The Morgan fingerprint density at radius 1 is 0.657 bits per heavy atom. The third-order valence-electron chi connectivity index (χ3n) is 18.3. The monoisotopic (exact) mass is 1490 g/mol. The highest BCUT2D eigenvalue weighted by Crippen LogP contribution is 2.40. The molecule has 3 aliphatic heterocycles. The van der Waals surface area contributed by atoms with Gasteiger partial charge in [0.1, 0.15) is 22.9 Å². The molecule has 0 aliphatic carbocycles. The van der Waals surface area contributed by atoms with Crippen molar-refractivity contribution in [2.75, 3.05) is 93.1 Å². The normalized spacial score (nSPS) is 13.7. The van der Waals surface area contributed by atoms with Gasteiger partial charge in [0.25, 0.3) is 11.5 Å². The van der Waals surface area contributed by atoms with Crippen molar-refractivity contribution in [3.05, 3.63) is 216 Å². The van der Waals surface area contributed by atoms with E-state index in [1.807, 2.05) is 99.6 Å². The van der Waals surface area contributed by atoms with Crippen LogP contribution in [0.15, 0.2) is 153 Å². The smallest absolute Gasteiger partial charge is 0.341 e. The van der Waals surface area contributed by atoms with Crippen molar-refractivity contribution in [1.29, 1.82) is 0 Å². The van der Waals surface area contributed by atoms with Crippen molar-refractivity contribution in [2.24, 2.45) is 19.1 Å². The molecule has 0 radical (unpaired) electrons. The van der Waals surface area contributed by atoms with Crippen molar-refractivity contribution in [3.63, 3.8) is 0 Å². The Balaban J connectivity index is 0.000000182. The van der Waals surface area contributed by atoms with Crippen LogP contribution < -0.4 is 66.0 Å². The highest BCUT2D eigenvalue weighted by atomic mass is 19.2. The number of carbonyl (C=O) groups is 5. The van der Waals surface area contributed by atoms with E-state index in [2.05, 4.69) is 36.3 Å². The highest BCUT2D eigenvalue weighted by molar-refractivity contribution is 6.13. The number of allylic oxidation sites excluding steroid dienone is 1. The fourth-order valence-electron chi connectivity index (χ4n) is 12.4. The number of aliphatic imine (C=N–C) groups is 1. The lowest BCUT2D eigenvalue weighted by molar-refractivity contribution is -0.123. The van der Waals surface area contributed by atoms with Crippen LogP contribution in [-0.2, 0) is 59.3 Å². The van der Waals surface area contributed by atoms with Gasteiger partial charge in [-0.3, -0.25) is 42.9 Å². The van der Waals surface area contributed by atoms with Crippen molar-refractivity contribution in [2.45, 2.75) is 97.4 Å². The average molecular weight is 1490 g/mol. The SMILES string of the molecule is COc1cc(C(C)NC(=O)CC2=C(C)N=C(C)CC2=O)cc(OC)c1OC.COc1cc2c(cc1OC)CN(C(=O)NOCc1ccccc1)CC2.COc1cccc(C(CNC(=O)c2ccc3c(=O)n(C)c(=O)n(C)c3n2)N(C)C)c1.O=C(CCc1ccc(F)c(F)c1)Nc1cc(F)cc(N2CCCCC2)c1. The van der Waals surface area contributed by atoms with Gasteiger partial charge in [-0.15, -0.1) is 0 Å². The molecule has 2 unspecified atom stereocenters. The largest absolute Gasteiger partial charge is 0.497 e. The molecule has 6 aromatic carbocycles. The van der Waals surface area contributed by atoms with Crippen LogP contribution in [0.4, 0.5) is 29.3 Å². The van der Waals surface area contributed by atoms with Crippen LogP contribution >= 0.6 is 0 Å². The minimum Gasteiger partial charge on any atom is -0.497 e. The molecule has 0 spiro atoms. The van der Waals surface area contributed by atoms with Crippen molar-refractivity contribution < 1.29 is 70.4 Å². The van der Waals surface area contributed by atoms with Crippen molar-refractivity contribution in [3.8, 4) is 34.5 Å². The molecule has 574 valence electrons. The average Bonchev–Trinajstić information content (AvgIpc) is 0.772. The first-order valence-electron chi connectivity index (χ1n) is 35.0. The van der Waals surface area contributed by atoms with Gasteiger partial charge < -0.3 is 59.1 Å². The maximum Gasteiger partial charge on any atom is 0.341 e. The minimum absolute atomic E-state index is 0.0101. The third kappa shape index (κ3) is 22.1. The van der Waals surface area contributed by atoms with Crippen LogP contribution in [0.25, 0.3) is 11.0 Å². The number of carbonyl (C=O) groups excluding carboxylic acids is 5. The second-order valence-electron chi connectivity index (χ2n) is 26.0. The molecule has 1 fully saturated rings. The van der Waals surface area contributed by atoms with E-state index in [0.717, 1.165) is 88.5 Å². The molecule has 28 heteroatoms. The van der Waals surface area contributed by atoms with Gasteiger partial charge in [-0.1, -0.05) is 48.5 Å². The number of hydroxylamine groups is 1. The van der Waals surface area contributed by atoms with E-state index in [-0.39, 0.29) is 84.0 Å². The van der Waals surface area contributed by atoms with Crippen LogP contribution in [-0.4, -0.2) is 142 Å². The number of halogens is 3. The Hall–Kier alpha value is -11.5. The van der Waals surface area contributed by atoms with E-state index in [4.69, 9.17) is 33.3 Å². The van der Waals surface area contributed by atoms with Gasteiger partial charge in [0.05, 0.1) is 73.2 Å². The molecule has 25 nitrogen and oxygen atoms in total. The Bertz CT molecular complexity index is 4690. The lowest BCUT2D eigenvalue weighted by Crippen LogP contribution is -2.42. The number of likely N-dealkylation sites (N-methyl/N-ethyl adjacent to an activating group) is 1. The number of ketones is 1. The maximum absolute atomic E-state index is 13.9. The number of methoxy groups -OCH3 is 6. The molecule has 4 N–H and O–H groups in total. The number of rotatable bonds is 23. The molecule has 2 atom stereocenters. The molecule has 0 bridgehead atoms. The molecule has 1 saturated heterocycles. The summed E-state index contributed by atoms with van der Waals surface area (Å²) in [6.07, 6.45) is 4.75. The summed E-state index contributed by atoms with van der Waals surface area (Å²) in [5.74, 6) is 0.417. The number of hydrogen-bond acceptors (Lipinski definition) is 18. The fraction of sp³-hybridized carbons (Fsp3) is 0.362. The quantitative estimate of drug-likeness (QED) is 0.0433. The van der Waals surface area contributed by atoms with Gasteiger partial charge >= 0.3 is 11.7 Å². The molecule has 3 aliphatic rings. The summed E-state index contributed by atoms with van der Waals surface area (Å²) in [4.78, 5) is 106. The first-order valence-corrected chi connectivity index (χ1v) is 35.0. The second-order valence-corrected chi connectivity index (χ2v) is 26.0. The fourth-order valence-corrected chi connectivity index (χ4v) is 12.4. The summed E-state index contributed by atoms with van der Waals surface area (Å²) in [6, 6.07) is 35.3. The van der Waals surface area contributed by atoms with Crippen molar-refractivity contribution in [1.82, 2.24) is 40.0 Å². The molecule has 8 aromatic rings. The van der Waals surface area contributed by atoms with E-state index in [0.29, 0.717) is 77.5 Å². The predicted molar refractivity (Wildman–Crippen MR) is 406 cm³/mol. The molecule has 0 saturated carbocycles. The molecule has 11 rings (SSSR count). The summed E-state index contributed by atoms with van der Waals surface area (Å²) >= 11 is 0. The number of urea groups is 1. The summed E-state index contributed by atoms with van der Waals surface area (Å²) in [5.41, 5.74) is 10.5. The molecule has 5 heterocycles. The van der Waals surface area contributed by atoms with Crippen LogP contribution in [0.3, 0.4) is 0 Å². The van der Waals surface area contributed by atoms with Crippen LogP contribution in [0.1, 0.15) is 115 Å². The minimum atomic E-state index is -0.931. The maximum atomic E-state index is 13.9. The first-order chi connectivity index (χ1) is 51.8. The number of benzene rings is 6. The number of Topliss-reactive ketones (excluding diaryl/α,β-unsaturated/α-hetero) is 1. The zero-order valence-corrected chi connectivity index (χ0v) is 63.2. The first kappa shape index (κ1) is 82.1. The number of hydrogen-bond donors (Lipinski definition) is 4. The van der Waals surface area contributed by atoms with E-state index < -0.39 is 28.7 Å². The molecular formula is C80H94F3N11O14.